The number of benzene rings is 2. The number of allylic oxidation sites excluding steroid dienone is 3. The fourth-order valence-electron chi connectivity index (χ4n) is 4.52. The Balaban J connectivity index is 1.75. The number of halogens is 2. The second kappa shape index (κ2) is 9.89. The van der Waals surface area contributed by atoms with Crippen LogP contribution in [0.3, 0.4) is 0 Å². The molecule has 4 rings (SSSR count). The SMILES string of the molecule is COC(=O)C1=C(C)NC2=C(C(=O)CCC2)C1c1ccc(OC)c(COc2ccc(F)c(Cl)c2)c1. The molecular weight excluding hydrogens is 461 g/mol. The van der Waals surface area contributed by atoms with Crippen molar-refractivity contribution in [2.24, 2.45) is 0 Å². The zero-order chi connectivity index (χ0) is 24.4. The quantitative estimate of drug-likeness (QED) is 0.566. The molecule has 2 aliphatic rings. The van der Waals surface area contributed by atoms with Crippen molar-refractivity contribution in [3.05, 3.63) is 80.9 Å². The molecule has 1 aliphatic heterocycles. The third-order valence-corrected chi connectivity index (χ3v) is 6.39. The molecule has 0 aromatic heterocycles. The first-order valence-corrected chi connectivity index (χ1v) is 11.3. The number of esters is 1. The largest absolute Gasteiger partial charge is 0.496 e. The minimum Gasteiger partial charge on any atom is -0.496 e. The van der Waals surface area contributed by atoms with Crippen LogP contribution in [0.1, 0.15) is 43.2 Å². The summed E-state index contributed by atoms with van der Waals surface area (Å²) in [6.45, 7) is 1.92. The standard InChI is InChI=1S/C26H25ClFNO5/c1-14-23(26(31)33-3)24(25-20(29-14)5-4-6-21(25)30)15-7-10-22(32-2)16(11-15)13-34-17-8-9-19(28)18(27)12-17/h7-12,24,29H,4-6,13H2,1-3H3. The van der Waals surface area contributed by atoms with Gasteiger partial charge in [-0.25, -0.2) is 9.18 Å². The average molecular weight is 486 g/mol. The maximum Gasteiger partial charge on any atom is 0.336 e. The van der Waals surface area contributed by atoms with E-state index >= 15 is 0 Å². The molecule has 178 valence electrons. The number of rotatable bonds is 6. The smallest absolute Gasteiger partial charge is 0.336 e. The second-order valence-electron chi connectivity index (χ2n) is 8.19. The molecule has 1 N–H and O–H groups in total. The molecule has 0 radical (unpaired) electrons. The summed E-state index contributed by atoms with van der Waals surface area (Å²) in [6.07, 6.45) is 1.93. The zero-order valence-electron chi connectivity index (χ0n) is 19.2. The molecule has 0 amide bonds. The second-order valence-corrected chi connectivity index (χ2v) is 8.60. The van der Waals surface area contributed by atoms with Crippen LogP contribution in [0.2, 0.25) is 5.02 Å². The summed E-state index contributed by atoms with van der Waals surface area (Å²) in [6, 6.07) is 9.62. The molecule has 1 heterocycles. The number of ether oxygens (including phenoxy) is 3. The van der Waals surface area contributed by atoms with Crippen LogP contribution in [-0.4, -0.2) is 26.0 Å². The van der Waals surface area contributed by atoms with Crippen LogP contribution in [0.25, 0.3) is 0 Å². The maximum atomic E-state index is 13.5. The van der Waals surface area contributed by atoms with E-state index in [9.17, 15) is 14.0 Å². The Morgan fingerprint density at radius 2 is 1.97 bits per heavy atom. The predicted molar refractivity (Wildman–Crippen MR) is 125 cm³/mol. The van der Waals surface area contributed by atoms with Gasteiger partial charge in [-0.1, -0.05) is 17.7 Å². The third kappa shape index (κ3) is 4.53. The lowest BCUT2D eigenvalue weighted by Gasteiger charge is -2.34. The molecule has 1 aliphatic carbocycles. The Kier molecular flexibility index (Phi) is 6.93. The number of nitrogens with one attached hydrogen (secondary N) is 1. The highest BCUT2D eigenvalue weighted by Gasteiger charge is 2.39. The summed E-state index contributed by atoms with van der Waals surface area (Å²) in [5.41, 5.74) is 3.96. The van der Waals surface area contributed by atoms with Gasteiger partial charge in [-0.3, -0.25) is 4.79 Å². The molecule has 0 fully saturated rings. The normalized spacial score (nSPS) is 17.8. The van der Waals surface area contributed by atoms with E-state index in [1.807, 2.05) is 19.1 Å². The monoisotopic (exact) mass is 485 g/mol. The number of Topliss-reactive ketones (excluding diaryl/α,β-unsaturated/α-hetero) is 1. The van der Waals surface area contributed by atoms with Gasteiger partial charge in [-0.15, -0.1) is 0 Å². The van der Waals surface area contributed by atoms with E-state index < -0.39 is 17.7 Å². The topological polar surface area (TPSA) is 73.9 Å². The van der Waals surface area contributed by atoms with Crippen molar-refractivity contribution in [2.45, 2.75) is 38.7 Å². The highest BCUT2D eigenvalue weighted by molar-refractivity contribution is 6.30. The molecular formula is C26H25ClFNO5. The van der Waals surface area contributed by atoms with Crippen molar-refractivity contribution in [2.75, 3.05) is 14.2 Å². The number of methoxy groups -OCH3 is 2. The van der Waals surface area contributed by atoms with Crippen LogP contribution in [-0.2, 0) is 20.9 Å². The van der Waals surface area contributed by atoms with Crippen molar-refractivity contribution in [1.82, 2.24) is 5.32 Å². The Hall–Kier alpha value is -3.32. The predicted octanol–water partition coefficient (Wildman–Crippen LogP) is 5.21. The molecule has 2 aromatic rings. The van der Waals surface area contributed by atoms with Gasteiger partial charge in [0.1, 0.15) is 23.9 Å². The van der Waals surface area contributed by atoms with Crippen molar-refractivity contribution < 1.29 is 28.2 Å². The molecule has 0 saturated carbocycles. The van der Waals surface area contributed by atoms with Gasteiger partial charge in [0.05, 0.1) is 24.8 Å². The number of ketones is 1. The van der Waals surface area contributed by atoms with Gasteiger partial charge in [0.2, 0.25) is 0 Å². The van der Waals surface area contributed by atoms with Gasteiger partial charge in [-0.2, -0.15) is 0 Å². The summed E-state index contributed by atoms with van der Waals surface area (Å²) < 4.78 is 29.9. The number of hydrogen-bond acceptors (Lipinski definition) is 6. The summed E-state index contributed by atoms with van der Waals surface area (Å²) in [5.74, 6) is -0.592. The number of dihydropyridines is 1. The van der Waals surface area contributed by atoms with Crippen LogP contribution < -0.4 is 14.8 Å². The third-order valence-electron chi connectivity index (χ3n) is 6.10. The van der Waals surface area contributed by atoms with Crippen molar-refractivity contribution in [3.8, 4) is 11.5 Å². The summed E-state index contributed by atoms with van der Waals surface area (Å²) >= 11 is 5.86. The number of hydrogen-bond donors (Lipinski definition) is 1. The zero-order valence-corrected chi connectivity index (χ0v) is 19.9. The van der Waals surface area contributed by atoms with E-state index in [-0.39, 0.29) is 17.4 Å². The lowest BCUT2D eigenvalue weighted by atomic mass is 9.75. The van der Waals surface area contributed by atoms with Gasteiger partial charge < -0.3 is 19.5 Å². The van der Waals surface area contributed by atoms with Gasteiger partial charge in [-0.05, 0) is 49.6 Å². The van der Waals surface area contributed by atoms with E-state index in [1.165, 1.54) is 25.3 Å². The fourth-order valence-corrected chi connectivity index (χ4v) is 4.69. The van der Waals surface area contributed by atoms with Crippen LogP contribution in [0.4, 0.5) is 4.39 Å². The Morgan fingerprint density at radius 3 is 2.68 bits per heavy atom. The molecule has 1 atom stereocenters. The van der Waals surface area contributed by atoms with E-state index in [2.05, 4.69) is 5.32 Å². The molecule has 2 aromatic carbocycles. The first kappa shape index (κ1) is 23.8. The minimum atomic E-state index is -0.568. The Morgan fingerprint density at radius 1 is 1.18 bits per heavy atom. The summed E-state index contributed by atoms with van der Waals surface area (Å²) in [5, 5.41) is 3.22. The van der Waals surface area contributed by atoms with Crippen LogP contribution in [0.5, 0.6) is 11.5 Å². The van der Waals surface area contributed by atoms with Crippen molar-refractivity contribution in [1.29, 1.82) is 0 Å². The summed E-state index contributed by atoms with van der Waals surface area (Å²) in [4.78, 5) is 25.8. The molecule has 34 heavy (non-hydrogen) atoms. The van der Waals surface area contributed by atoms with Gasteiger partial charge in [0, 0.05) is 40.9 Å². The van der Waals surface area contributed by atoms with Gasteiger partial charge in [0.15, 0.2) is 5.78 Å². The van der Waals surface area contributed by atoms with Crippen LogP contribution >= 0.6 is 11.6 Å². The Labute approximate surface area is 202 Å². The molecule has 8 heteroatoms. The maximum absolute atomic E-state index is 13.5. The fraction of sp³-hybridized carbons (Fsp3) is 0.308. The molecule has 0 bridgehead atoms. The van der Waals surface area contributed by atoms with E-state index in [0.717, 1.165) is 24.1 Å². The van der Waals surface area contributed by atoms with Gasteiger partial charge in [0.25, 0.3) is 0 Å². The first-order chi connectivity index (χ1) is 16.3. The lowest BCUT2D eigenvalue weighted by molar-refractivity contribution is -0.136. The first-order valence-electron chi connectivity index (χ1n) is 10.9. The highest BCUT2D eigenvalue weighted by Crippen LogP contribution is 2.43. The van der Waals surface area contributed by atoms with Crippen molar-refractivity contribution >= 4 is 23.4 Å². The Bertz CT molecular complexity index is 1220. The molecule has 0 spiro atoms. The van der Waals surface area contributed by atoms with E-state index in [0.29, 0.717) is 40.3 Å². The van der Waals surface area contributed by atoms with Crippen LogP contribution in [0, 0.1) is 5.82 Å². The van der Waals surface area contributed by atoms with E-state index in [1.54, 1.807) is 13.2 Å². The molecule has 6 nitrogen and oxygen atoms in total. The van der Waals surface area contributed by atoms with Crippen LogP contribution in [0.15, 0.2) is 58.9 Å². The highest BCUT2D eigenvalue weighted by atomic mass is 35.5. The minimum absolute atomic E-state index is 0.0159. The molecule has 0 saturated heterocycles. The summed E-state index contributed by atoms with van der Waals surface area (Å²) in [7, 11) is 2.88. The average Bonchev–Trinajstić information content (AvgIpc) is 2.83. The van der Waals surface area contributed by atoms with E-state index in [4.69, 9.17) is 25.8 Å². The van der Waals surface area contributed by atoms with Crippen molar-refractivity contribution in [3.63, 3.8) is 0 Å². The van der Waals surface area contributed by atoms with Gasteiger partial charge >= 0.3 is 5.97 Å². The number of carbonyl (C=O) groups excluding carboxylic acids is 2. The molecule has 1 unspecified atom stereocenters. The number of carbonyl (C=O) groups is 2. The lowest BCUT2D eigenvalue weighted by Crippen LogP contribution is -2.34.